The van der Waals surface area contributed by atoms with Crippen molar-refractivity contribution in [2.75, 3.05) is 0 Å². The van der Waals surface area contributed by atoms with Crippen LogP contribution in [-0.2, 0) is 0 Å². The number of nitriles is 1. The molecule has 0 aliphatic heterocycles. The molecular formula is C14H8INO2. The molecule has 0 amide bonds. The molecule has 0 radical (unpaired) electrons. The summed E-state index contributed by atoms with van der Waals surface area (Å²) in [4.78, 5) is 11.8. The number of carbonyl (C=O) groups excluding carboxylic acids is 1. The maximum Gasteiger partial charge on any atom is 0.343 e. The van der Waals surface area contributed by atoms with Gasteiger partial charge in [0, 0.05) is 3.57 Å². The van der Waals surface area contributed by atoms with Gasteiger partial charge in [0.05, 0.1) is 17.2 Å². The zero-order valence-electron chi connectivity index (χ0n) is 9.26. The fourth-order valence-electron chi connectivity index (χ4n) is 1.35. The second-order valence-electron chi connectivity index (χ2n) is 3.53. The number of rotatable bonds is 2. The Morgan fingerprint density at radius 1 is 1.06 bits per heavy atom. The van der Waals surface area contributed by atoms with Crippen LogP contribution in [0.4, 0.5) is 0 Å². The minimum absolute atomic E-state index is 0.406. The van der Waals surface area contributed by atoms with Crippen LogP contribution in [-0.4, -0.2) is 5.97 Å². The predicted molar refractivity (Wildman–Crippen MR) is 75.3 cm³/mol. The van der Waals surface area contributed by atoms with Crippen molar-refractivity contribution in [1.29, 1.82) is 5.26 Å². The second kappa shape index (κ2) is 5.65. The Hall–Kier alpha value is -1.87. The van der Waals surface area contributed by atoms with Crippen LogP contribution in [0.5, 0.6) is 5.75 Å². The van der Waals surface area contributed by atoms with Crippen molar-refractivity contribution in [3.05, 3.63) is 63.2 Å². The van der Waals surface area contributed by atoms with Gasteiger partial charge in [0.2, 0.25) is 0 Å². The zero-order chi connectivity index (χ0) is 13.0. The molecule has 0 bridgehead atoms. The Morgan fingerprint density at radius 2 is 1.67 bits per heavy atom. The van der Waals surface area contributed by atoms with E-state index in [0.717, 1.165) is 3.57 Å². The largest absolute Gasteiger partial charge is 0.423 e. The van der Waals surface area contributed by atoms with Gasteiger partial charge in [-0.25, -0.2) is 4.79 Å². The molecule has 18 heavy (non-hydrogen) atoms. The number of ether oxygens (including phenoxy) is 1. The lowest BCUT2D eigenvalue weighted by atomic mass is 10.2. The van der Waals surface area contributed by atoms with Crippen LogP contribution in [0, 0.1) is 14.9 Å². The zero-order valence-corrected chi connectivity index (χ0v) is 11.4. The first kappa shape index (κ1) is 12.6. The molecule has 0 heterocycles. The number of carbonyl (C=O) groups is 1. The van der Waals surface area contributed by atoms with Gasteiger partial charge >= 0.3 is 5.97 Å². The van der Waals surface area contributed by atoms with E-state index < -0.39 is 5.97 Å². The molecular weight excluding hydrogens is 341 g/mol. The van der Waals surface area contributed by atoms with Gasteiger partial charge in [-0.3, -0.25) is 0 Å². The Kier molecular flexibility index (Phi) is 3.95. The lowest BCUT2D eigenvalue weighted by Crippen LogP contribution is -2.08. The first-order chi connectivity index (χ1) is 8.69. The number of hydrogen-bond donors (Lipinski definition) is 0. The normalized spacial score (nSPS) is 9.56. The molecule has 0 saturated heterocycles. The molecule has 0 aliphatic rings. The van der Waals surface area contributed by atoms with E-state index >= 15 is 0 Å². The summed E-state index contributed by atoms with van der Waals surface area (Å²) in [5, 5.41) is 8.66. The minimum atomic E-state index is -0.406. The Labute approximate surface area is 118 Å². The molecule has 0 atom stereocenters. The van der Waals surface area contributed by atoms with E-state index in [1.165, 1.54) is 0 Å². The highest BCUT2D eigenvalue weighted by atomic mass is 127. The monoisotopic (exact) mass is 349 g/mol. The van der Waals surface area contributed by atoms with Gasteiger partial charge in [0.15, 0.2) is 0 Å². The van der Waals surface area contributed by atoms with E-state index in [2.05, 4.69) is 22.6 Å². The maximum absolute atomic E-state index is 11.8. The lowest BCUT2D eigenvalue weighted by Gasteiger charge is -2.04. The smallest absolute Gasteiger partial charge is 0.343 e. The molecule has 0 saturated carbocycles. The molecule has 2 aromatic rings. The van der Waals surface area contributed by atoms with Crippen molar-refractivity contribution >= 4 is 28.6 Å². The first-order valence-electron chi connectivity index (χ1n) is 5.17. The number of halogens is 1. The first-order valence-corrected chi connectivity index (χ1v) is 6.25. The third kappa shape index (κ3) is 3.08. The maximum atomic E-state index is 11.8. The van der Waals surface area contributed by atoms with Crippen molar-refractivity contribution in [3.63, 3.8) is 0 Å². The Balaban J connectivity index is 2.11. The molecule has 0 fully saturated rings. The highest BCUT2D eigenvalue weighted by Crippen LogP contribution is 2.14. The standard InChI is InChI=1S/C14H8INO2/c15-12-5-3-11(4-6-12)14(17)18-13-7-1-10(9-16)2-8-13/h1-8H. The van der Waals surface area contributed by atoms with Crippen LogP contribution in [0.1, 0.15) is 15.9 Å². The summed E-state index contributed by atoms with van der Waals surface area (Å²) in [6.07, 6.45) is 0. The highest BCUT2D eigenvalue weighted by molar-refractivity contribution is 14.1. The van der Waals surface area contributed by atoms with E-state index in [1.807, 2.05) is 18.2 Å². The van der Waals surface area contributed by atoms with Gasteiger partial charge < -0.3 is 4.74 Å². The predicted octanol–water partition coefficient (Wildman–Crippen LogP) is 3.38. The Bertz CT molecular complexity index is 597. The molecule has 0 aliphatic carbocycles. The fourth-order valence-corrected chi connectivity index (χ4v) is 1.71. The Morgan fingerprint density at radius 3 is 2.22 bits per heavy atom. The molecule has 0 aromatic heterocycles. The van der Waals surface area contributed by atoms with E-state index in [9.17, 15) is 4.79 Å². The van der Waals surface area contributed by atoms with Crippen LogP contribution in [0.25, 0.3) is 0 Å². The van der Waals surface area contributed by atoms with E-state index in [0.29, 0.717) is 16.9 Å². The molecule has 2 aromatic carbocycles. The van der Waals surface area contributed by atoms with Crippen LogP contribution in [0.3, 0.4) is 0 Å². The third-order valence-corrected chi connectivity index (χ3v) is 2.99. The van der Waals surface area contributed by atoms with Crippen LogP contribution < -0.4 is 4.74 Å². The van der Waals surface area contributed by atoms with E-state index in [1.54, 1.807) is 36.4 Å². The summed E-state index contributed by atoms with van der Waals surface area (Å²) in [5.74, 6) is 0.0219. The van der Waals surface area contributed by atoms with E-state index in [-0.39, 0.29) is 0 Å². The molecule has 3 nitrogen and oxygen atoms in total. The van der Waals surface area contributed by atoms with Crippen molar-refractivity contribution in [1.82, 2.24) is 0 Å². The molecule has 2 rings (SSSR count). The number of nitrogens with zero attached hydrogens (tertiary/aromatic N) is 1. The summed E-state index contributed by atoms with van der Waals surface area (Å²) < 4.78 is 6.25. The van der Waals surface area contributed by atoms with Gasteiger partial charge in [-0.1, -0.05) is 0 Å². The molecule has 88 valence electrons. The second-order valence-corrected chi connectivity index (χ2v) is 4.78. The van der Waals surface area contributed by atoms with Crippen molar-refractivity contribution < 1.29 is 9.53 Å². The van der Waals surface area contributed by atoms with Crippen molar-refractivity contribution in [3.8, 4) is 11.8 Å². The topological polar surface area (TPSA) is 50.1 Å². The number of benzene rings is 2. The third-order valence-electron chi connectivity index (χ3n) is 2.27. The van der Waals surface area contributed by atoms with E-state index in [4.69, 9.17) is 10.00 Å². The SMILES string of the molecule is N#Cc1ccc(OC(=O)c2ccc(I)cc2)cc1. The van der Waals surface area contributed by atoms with Gasteiger partial charge in [-0.2, -0.15) is 5.26 Å². The van der Waals surface area contributed by atoms with Gasteiger partial charge in [0.25, 0.3) is 0 Å². The van der Waals surface area contributed by atoms with Crippen LogP contribution in [0.2, 0.25) is 0 Å². The molecule has 0 spiro atoms. The van der Waals surface area contributed by atoms with Gasteiger partial charge in [-0.15, -0.1) is 0 Å². The average molecular weight is 349 g/mol. The summed E-state index contributed by atoms with van der Waals surface area (Å²) in [6, 6.07) is 15.5. The quantitative estimate of drug-likeness (QED) is 0.475. The average Bonchev–Trinajstić information content (AvgIpc) is 2.40. The lowest BCUT2D eigenvalue weighted by molar-refractivity contribution is 0.0735. The number of hydrogen-bond acceptors (Lipinski definition) is 3. The molecule has 0 unspecified atom stereocenters. The summed E-state index contributed by atoms with van der Waals surface area (Å²) in [5.41, 5.74) is 1.03. The van der Waals surface area contributed by atoms with Crippen molar-refractivity contribution in [2.24, 2.45) is 0 Å². The van der Waals surface area contributed by atoms with Crippen molar-refractivity contribution in [2.45, 2.75) is 0 Å². The minimum Gasteiger partial charge on any atom is -0.423 e. The van der Waals surface area contributed by atoms with Gasteiger partial charge in [-0.05, 0) is 71.1 Å². The molecule has 4 heteroatoms. The molecule has 0 N–H and O–H groups in total. The number of esters is 1. The highest BCUT2D eigenvalue weighted by Gasteiger charge is 2.07. The van der Waals surface area contributed by atoms with Gasteiger partial charge in [0.1, 0.15) is 5.75 Å². The van der Waals surface area contributed by atoms with Crippen LogP contribution in [0.15, 0.2) is 48.5 Å². The summed E-state index contributed by atoms with van der Waals surface area (Å²) >= 11 is 2.17. The summed E-state index contributed by atoms with van der Waals surface area (Å²) in [7, 11) is 0. The fraction of sp³-hybridized carbons (Fsp3) is 0. The van der Waals surface area contributed by atoms with Crippen LogP contribution >= 0.6 is 22.6 Å². The summed E-state index contributed by atoms with van der Waals surface area (Å²) in [6.45, 7) is 0.